The molecule has 3 heterocycles. The Kier molecular flexibility index (Phi) is 8.02. The largest absolute Gasteiger partial charge is 0.478 e. The lowest BCUT2D eigenvalue weighted by molar-refractivity contribution is -0.125. The summed E-state index contributed by atoms with van der Waals surface area (Å²) in [5.41, 5.74) is 2.79. The maximum absolute atomic E-state index is 11.8. The number of carbonyl (C=O) groups excluding carboxylic acids is 1. The van der Waals surface area contributed by atoms with Crippen LogP contribution < -0.4 is 10.6 Å². The van der Waals surface area contributed by atoms with Crippen LogP contribution in [0.3, 0.4) is 0 Å². The quantitative estimate of drug-likeness (QED) is 0.134. The van der Waals surface area contributed by atoms with Gasteiger partial charge in [0, 0.05) is 18.7 Å². The van der Waals surface area contributed by atoms with Crippen molar-refractivity contribution in [3.63, 3.8) is 0 Å². The van der Waals surface area contributed by atoms with Gasteiger partial charge in [-0.1, -0.05) is 60.7 Å². The van der Waals surface area contributed by atoms with Crippen LogP contribution in [0.5, 0.6) is 0 Å². The van der Waals surface area contributed by atoms with Crippen LogP contribution >= 0.6 is 0 Å². The Hall–Kier alpha value is -5.18. The summed E-state index contributed by atoms with van der Waals surface area (Å²) in [5, 5.41) is 50.2. The van der Waals surface area contributed by atoms with Crippen LogP contribution in [0.4, 0.5) is 5.82 Å². The maximum atomic E-state index is 11.8. The minimum absolute atomic E-state index is 0.0539. The van der Waals surface area contributed by atoms with E-state index in [1.165, 1.54) is 23.4 Å². The molecule has 0 bridgehead atoms. The average Bonchev–Trinajstić information content (AvgIpc) is 3.77. The molecule has 1 aliphatic carbocycles. The third kappa shape index (κ3) is 5.60. The molecule has 226 valence electrons. The van der Waals surface area contributed by atoms with E-state index in [4.69, 9.17) is 5.11 Å². The van der Waals surface area contributed by atoms with Crippen molar-refractivity contribution >= 4 is 28.9 Å². The number of carboxylic acid groups (broad SMARTS) is 1. The van der Waals surface area contributed by atoms with Gasteiger partial charge in [0.25, 0.3) is 5.95 Å². The number of aromatic nitrogens is 6. The molecule has 0 unspecified atom stereocenters. The molecule has 6 N–H and O–H groups in total. The normalized spacial score (nSPS) is 19.8. The second kappa shape index (κ2) is 12.2. The lowest BCUT2D eigenvalue weighted by atomic mass is 9.91. The first kappa shape index (κ1) is 28.9. The molecule has 0 radical (unpaired) electrons. The number of carboxylic acids is 1. The van der Waals surface area contributed by atoms with Crippen molar-refractivity contribution in [3.8, 4) is 5.95 Å². The standard InChI is InChI=1S/C30H30N8O6/c39-15-23(40)34-21-11-22(26(42)25(21)41)37-16-32-24-27(35-30(36-28(24)37)38-14-19(12-33-38)29(43)44)31-13-20(17-7-3-1-4-8-17)18-9-5-2-6-10-18/h1-10,12,14,16,20-22,25-26,39,41-42H,11,13,15H2,(H,34,40)(H,43,44)(H,31,35,36)/t21-,22+,25+,26-/m0/s1. The van der Waals surface area contributed by atoms with E-state index in [1.807, 2.05) is 60.7 Å². The molecular weight excluding hydrogens is 568 g/mol. The third-order valence-corrected chi connectivity index (χ3v) is 7.82. The van der Waals surface area contributed by atoms with Crippen LogP contribution in [0.15, 0.2) is 79.4 Å². The number of fused-ring (bicyclic) bond motifs is 1. The molecule has 1 aliphatic rings. The molecule has 14 nitrogen and oxygen atoms in total. The highest BCUT2D eigenvalue weighted by atomic mass is 16.4. The van der Waals surface area contributed by atoms with E-state index in [0.29, 0.717) is 23.5 Å². The SMILES string of the molecule is O=C(CO)N[C@H]1C[C@@H](n2cnc3c(NCC(c4ccccc4)c4ccccc4)nc(-n4cc(C(=O)O)cn4)nc32)[C@H](O)[C@@H]1O. The van der Waals surface area contributed by atoms with Crippen molar-refractivity contribution in [1.29, 1.82) is 0 Å². The zero-order valence-corrected chi connectivity index (χ0v) is 23.3. The maximum Gasteiger partial charge on any atom is 0.338 e. The minimum atomic E-state index is -1.30. The summed E-state index contributed by atoms with van der Waals surface area (Å²) in [6.45, 7) is -0.329. The number of aromatic carboxylic acids is 1. The molecule has 0 aliphatic heterocycles. The predicted molar refractivity (Wildman–Crippen MR) is 157 cm³/mol. The lowest BCUT2D eigenvalue weighted by Crippen LogP contribution is -2.44. The van der Waals surface area contributed by atoms with Crippen molar-refractivity contribution < 1.29 is 30.0 Å². The number of imidazole rings is 1. The van der Waals surface area contributed by atoms with Crippen LogP contribution in [-0.4, -0.2) is 93.0 Å². The minimum Gasteiger partial charge on any atom is -0.478 e. The topological polar surface area (TPSA) is 201 Å². The predicted octanol–water partition coefficient (Wildman–Crippen LogP) is 1.10. The molecule has 6 rings (SSSR count). The highest BCUT2D eigenvalue weighted by Crippen LogP contribution is 2.35. The summed E-state index contributed by atoms with van der Waals surface area (Å²) in [6, 6.07) is 18.5. The van der Waals surface area contributed by atoms with Crippen molar-refractivity contribution in [2.75, 3.05) is 18.5 Å². The number of anilines is 1. The van der Waals surface area contributed by atoms with E-state index >= 15 is 0 Å². The molecule has 0 spiro atoms. The van der Waals surface area contributed by atoms with Crippen molar-refractivity contribution in [3.05, 3.63) is 96.1 Å². The number of aliphatic hydroxyl groups excluding tert-OH is 3. The number of amides is 1. The Morgan fingerprint density at radius 1 is 0.977 bits per heavy atom. The Balaban J connectivity index is 1.40. The Morgan fingerprint density at radius 3 is 2.27 bits per heavy atom. The van der Waals surface area contributed by atoms with Gasteiger partial charge in [0.2, 0.25) is 5.91 Å². The molecule has 44 heavy (non-hydrogen) atoms. The van der Waals surface area contributed by atoms with Gasteiger partial charge in [-0.15, -0.1) is 0 Å². The Labute approximate surface area is 250 Å². The summed E-state index contributed by atoms with van der Waals surface area (Å²) in [4.78, 5) is 37.2. The monoisotopic (exact) mass is 598 g/mol. The summed E-state index contributed by atoms with van der Waals surface area (Å²) in [6.07, 6.45) is 1.51. The van der Waals surface area contributed by atoms with E-state index in [0.717, 1.165) is 11.1 Å². The highest BCUT2D eigenvalue weighted by molar-refractivity contribution is 5.87. The van der Waals surface area contributed by atoms with E-state index in [2.05, 4.69) is 30.7 Å². The molecule has 1 fully saturated rings. The van der Waals surface area contributed by atoms with Crippen molar-refractivity contribution in [1.82, 2.24) is 34.6 Å². The average molecular weight is 599 g/mol. The summed E-state index contributed by atoms with van der Waals surface area (Å²) < 4.78 is 2.83. The fourth-order valence-electron chi connectivity index (χ4n) is 5.59. The Morgan fingerprint density at radius 2 is 1.66 bits per heavy atom. The van der Waals surface area contributed by atoms with E-state index in [1.54, 1.807) is 4.57 Å². The zero-order valence-electron chi connectivity index (χ0n) is 23.3. The summed E-state index contributed by atoms with van der Waals surface area (Å²) in [7, 11) is 0. The molecule has 14 heteroatoms. The van der Waals surface area contributed by atoms with E-state index in [-0.39, 0.29) is 23.9 Å². The number of nitrogens with one attached hydrogen (secondary N) is 2. The second-order valence-corrected chi connectivity index (χ2v) is 10.5. The molecule has 2 aromatic carbocycles. The number of nitrogens with zero attached hydrogens (tertiary/aromatic N) is 6. The second-order valence-electron chi connectivity index (χ2n) is 10.5. The third-order valence-electron chi connectivity index (χ3n) is 7.82. The van der Waals surface area contributed by atoms with Gasteiger partial charge in [0.05, 0.1) is 30.2 Å². The van der Waals surface area contributed by atoms with Gasteiger partial charge >= 0.3 is 5.97 Å². The number of aliphatic hydroxyl groups is 3. The fourth-order valence-corrected chi connectivity index (χ4v) is 5.59. The van der Waals surface area contributed by atoms with Gasteiger partial charge in [0.1, 0.15) is 18.8 Å². The van der Waals surface area contributed by atoms with Crippen molar-refractivity contribution in [2.45, 2.75) is 36.6 Å². The number of rotatable bonds is 10. The van der Waals surface area contributed by atoms with Crippen LogP contribution in [-0.2, 0) is 4.79 Å². The van der Waals surface area contributed by atoms with Gasteiger partial charge in [-0.2, -0.15) is 15.1 Å². The number of hydrogen-bond acceptors (Lipinski definition) is 10. The smallest absolute Gasteiger partial charge is 0.338 e. The van der Waals surface area contributed by atoms with Gasteiger partial charge in [0.15, 0.2) is 17.0 Å². The molecular formula is C30H30N8O6. The molecule has 0 saturated heterocycles. The zero-order chi connectivity index (χ0) is 30.8. The van der Waals surface area contributed by atoms with Crippen molar-refractivity contribution in [2.24, 2.45) is 0 Å². The van der Waals surface area contributed by atoms with Gasteiger partial charge in [-0.3, -0.25) is 4.79 Å². The molecule has 5 aromatic rings. The first-order valence-corrected chi connectivity index (χ1v) is 14.0. The van der Waals surface area contributed by atoms with Crippen LogP contribution in [0.25, 0.3) is 17.1 Å². The number of hydrogen-bond donors (Lipinski definition) is 6. The van der Waals surface area contributed by atoms with Gasteiger partial charge < -0.3 is 35.6 Å². The van der Waals surface area contributed by atoms with E-state index in [9.17, 15) is 24.9 Å². The number of carbonyl (C=O) groups is 2. The summed E-state index contributed by atoms with van der Waals surface area (Å²) >= 11 is 0. The van der Waals surface area contributed by atoms with Gasteiger partial charge in [-0.25, -0.2) is 14.5 Å². The highest BCUT2D eigenvalue weighted by Gasteiger charge is 2.44. The van der Waals surface area contributed by atoms with Gasteiger partial charge in [-0.05, 0) is 17.5 Å². The Bertz CT molecular complexity index is 1740. The molecule has 4 atom stereocenters. The molecule has 1 saturated carbocycles. The number of benzene rings is 2. The van der Waals surface area contributed by atoms with Crippen LogP contribution in [0.1, 0.15) is 39.9 Å². The fraction of sp³-hybridized carbons (Fsp3) is 0.267. The van der Waals surface area contributed by atoms with E-state index < -0.39 is 42.8 Å². The first-order valence-electron chi connectivity index (χ1n) is 14.0. The molecule has 1 amide bonds. The van der Waals surface area contributed by atoms with Crippen LogP contribution in [0, 0.1) is 0 Å². The lowest BCUT2D eigenvalue weighted by Gasteiger charge is -2.20. The van der Waals surface area contributed by atoms with Crippen LogP contribution in [0.2, 0.25) is 0 Å². The first-order chi connectivity index (χ1) is 21.3. The summed E-state index contributed by atoms with van der Waals surface area (Å²) in [5.74, 6) is -1.48. The molecule has 3 aromatic heterocycles.